The van der Waals surface area contributed by atoms with Gasteiger partial charge in [0.05, 0.1) is 49.7 Å². The van der Waals surface area contributed by atoms with E-state index in [0.717, 1.165) is 0 Å². The number of aliphatic hydroxyl groups is 8. The van der Waals surface area contributed by atoms with E-state index in [1.54, 1.807) is 0 Å². The monoisotopic (exact) mass is 858 g/mol. The second-order valence-corrected chi connectivity index (χ2v) is 17.1. The van der Waals surface area contributed by atoms with Crippen molar-refractivity contribution in [3.05, 3.63) is 0 Å². The van der Waals surface area contributed by atoms with Crippen molar-refractivity contribution in [3.8, 4) is 0 Å². The molecule has 0 bridgehead atoms. The van der Waals surface area contributed by atoms with E-state index in [-0.39, 0.29) is 51.7 Å². The summed E-state index contributed by atoms with van der Waals surface area (Å²) in [5.41, 5.74) is 42.5. The Kier molecular flexibility index (Phi) is 19.9. The van der Waals surface area contributed by atoms with Crippen molar-refractivity contribution in [2.75, 3.05) is 66.6 Å². The fraction of sp³-hybridized carbons (Fsp3) is 1.00. The zero-order chi connectivity index (χ0) is 43.9. The summed E-state index contributed by atoms with van der Waals surface area (Å²) in [6, 6.07) is -4.28. The molecule has 4 aliphatic rings. The third kappa shape index (κ3) is 13.1. The fourth-order valence-corrected chi connectivity index (χ4v) is 8.39. The molecule has 2 aliphatic carbocycles. The van der Waals surface area contributed by atoms with E-state index in [2.05, 4.69) is 0 Å². The Balaban J connectivity index is 1.20. The Morgan fingerprint density at radius 2 is 0.983 bits per heavy atom. The van der Waals surface area contributed by atoms with Crippen molar-refractivity contribution in [1.82, 2.24) is 9.80 Å². The average molecular weight is 858 g/mol. The molecule has 4 rings (SSSR count). The van der Waals surface area contributed by atoms with E-state index in [1.165, 1.54) is 0 Å². The van der Waals surface area contributed by atoms with Crippen LogP contribution in [0.4, 0.5) is 0 Å². The van der Waals surface area contributed by atoms with E-state index < -0.39 is 128 Å². The smallest absolute Gasteiger partial charge is 0.176 e. The maximum atomic E-state index is 11.1. The Labute approximate surface area is 345 Å². The Hall–Kier alpha value is -0.920. The second kappa shape index (κ2) is 23.1. The van der Waals surface area contributed by atoms with Crippen LogP contribution in [-0.4, -0.2) is 245 Å². The predicted octanol–water partition coefficient (Wildman–Crippen LogP) is -8.88. The van der Waals surface area contributed by atoms with Crippen LogP contribution in [0, 0.1) is 5.92 Å². The van der Waals surface area contributed by atoms with Crippen molar-refractivity contribution in [2.45, 2.75) is 154 Å². The zero-order valence-electron chi connectivity index (χ0n) is 34.4. The number of ether oxygens (including phenoxy) is 6. The van der Waals surface area contributed by atoms with Crippen molar-refractivity contribution in [2.24, 2.45) is 46.1 Å². The minimum atomic E-state index is -1.38. The van der Waals surface area contributed by atoms with Gasteiger partial charge in [-0.25, -0.2) is 0 Å². The van der Waals surface area contributed by atoms with Crippen LogP contribution in [0.25, 0.3) is 0 Å². The molecule has 0 aromatic carbocycles. The normalized spacial score (nSPS) is 44.5. The molecule has 2 saturated heterocycles. The van der Waals surface area contributed by atoms with Gasteiger partial charge in [-0.05, 0) is 52.4 Å². The molecule has 22 atom stereocenters. The summed E-state index contributed by atoms with van der Waals surface area (Å²) in [6.07, 6.45) is -16.3. The number of nitrogens with two attached hydrogens (primary N) is 7. The van der Waals surface area contributed by atoms with Gasteiger partial charge >= 0.3 is 0 Å². The molecule has 59 heavy (non-hydrogen) atoms. The summed E-state index contributed by atoms with van der Waals surface area (Å²) in [5, 5.41) is 85.1. The quantitative estimate of drug-likeness (QED) is 0.0540. The summed E-state index contributed by atoms with van der Waals surface area (Å²) in [5.74, 6) is -0.235. The molecule has 2 heterocycles. The highest BCUT2D eigenvalue weighted by Gasteiger charge is 2.50. The standard InChI is InChI=1S/C36H75N9O14/c1-15-7-19(40)31(58-35-23(42)29(52)27(50)21(9-37)56-35)33(25(15)48)54-13-16(46)11-44(2)5-4-6-45(3)12-17(47)14-55-34-26(49)18(39)8-20(41)32(34)59-36-24(43)30(53)28(51)22(10-38)57-36/h15-36,46-53H,4-14,37-43H2,1-3H3/t15?,16-,17-,18?,19?,20?,21?,22?,23?,24?,25?,26?,27?,28?,29?,30?,31?,32?,33?,34?,35?,36?/m0/s1. The summed E-state index contributed by atoms with van der Waals surface area (Å²) >= 11 is 0. The first-order chi connectivity index (χ1) is 27.8. The Morgan fingerprint density at radius 3 is 1.41 bits per heavy atom. The first-order valence-corrected chi connectivity index (χ1v) is 20.6. The van der Waals surface area contributed by atoms with E-state index in [1.807, 2.05) is 30.8 Å². The lowest BCUT2D eigenvalue weighted by Crippen LogP contribution is -2.68. The lowest BCUT2D eigenvalue weighted by Gasteiger charge is -2.47. The van der Waals surface area contributed by atoms with Gasteiger partial charge in [-0.2, -0.15) is 0 Å². The van der Waals surface area contributed by atoms with Gasteiger partial charge in [-0.1, -0.05) is 6.92 Å². The molecule has 22 N–H and O–H groups in total. The highest BCUT2D eigenvalue weighted by atomic mass is 16.7. The molecule has 23 nitrogen and oxygen atoms in total. The van der Waals surface area contributed by atoms with E-state index in [0.29, 0.717) is 25.9 Å². The molecule has 4 fully saturated rings. The fourth-order valence-electron chi connectivity index (χ4n) is 8.39. The largest absolute Gasteiger partial charge is 0.390 e. The molecule has 0 amide bonds. The van der Waals surface area contributed by atoms with Gasteiger partial charge in [0.25, 0.3) is 0 Å². The molecular formula is C36H75N9O14. The molecule has 20 unspecified atom stereocenters. The van der Waals surface area contributed by atoms with Gasteiger partial charge in [-0.15, -0.1) is 0 Å². The topological polar surface area (TPSA) is 406 Å². The number of hydrogen-bond acceptors (Lipinski definition) is 23. The lowest BCUT2D eigenvalue weighted by molar-refractivity contribution is -0.293. The van der Waals surface area contributed by atoms with Crippen molar-refractivity contribution in [3.63, 3.8) is 0 Å². The highest BCUT2D eigenvalue weighted by Crippen LogP contribution is 2.32. The maximum Gasteiger partial charge on any atom is 0.176 e. The minimum Gasteiger partial charge on any atom is -0.390 e. The number of aliphatic hydroxyl groups excluding tert-OH is 8. The molecule has 348 valence electrons. The molecule has 0 radical (unpaired) electrons. The molecule has 2 aliphatic heterocycles. The van der Waals surface area contributed by atoms with Crippen LogP contribution < -0.4 is 40.1 Å². The predicted molar refractivity (Wildman–Crippen MR) is 211 cm³/mol. The molecule has 0 aromatic rings. The average Bonchev–Trinajstić information content (AvgIpc) is 3.18. The van der Waals surface area contributed by atoms with Crippen molar-refractivity contribution in [1.29, 1.82) is 0 Å². The summed E-state index contributed by atoms with van der Waals surface area (Å²) in [4.78, 5) is 3.83. The number of likely N-dealkylation sites (N-methyl/N-ethyl adjacent to an activating group) is 2. The second-order valence-electron chi connectivity index (χ2n) is 17.1. The zero-order valence-corrected chi connectivity index (χ0v) is 34.4. The van der Waals surface area contributed by atoms with Crippen LogP contribution in [0.3, 0.4) is 0 Å². The van der Waals surface area contributed by atoms with Crippen molar-refractivity contribution >= 4 is 0 Å². The molecule has 0 spiro atoms. The third-order valence-corrected chi connectivity index (χ3v) is 12.0. The van der Waals surface area contributed by atoms with Crippen LogP contribution in [0.2, 0.25) is 0 Å². The van der Waals surface area contributed by atoms with Crippen LogP contribution in [0.15, 0.2) is 0 Å². The van der Waals surface area contributed by atoms with Crippen LogP contribution in [-0.2, 0) is 28.4 Å². The lowest BCUT2D eigenvalue weighted by atomic mass is 9.80. The van der Waals surface area contributed by atoms with Gasteiger partial charge in [0, 0.05) is 44.3 Å². The van der Waals surface area contributed by atoms with Gasteiger partial charge in [0.2, 0.25) is 0 Å². The first-order valence-electron chi connectivity index (χ1n) is 20.6. The first kappa shape index (κ1) is 50.7. The Bertz CT molecular complexity index is 1140. The summed E-state index contributed by atoms with van der Waals surface area (Å²) < 4.78 is 35.6. The van der Waals surface area contributed by atoms with E-state index in [4.69, 9.17) is 68.6 Å². The minimum absolute atomic E-state index is 0.0876. The number of nitrogens with zero attached hydrogens (tertiary/aromatic N) is 2. The Morgan fingerprint density at radius 1 is 0.576 bits per heavy atom. The summed E-state index contributed by atoms with van der Waals surface area (Å²) in [7, 11) is 3.67. The van der Waals surface area contributed by atoms with Crippen LogP contribution in [0.1, 0.15) is 26.2 Å². The molecular weight excluding hydrogens is 782 g/mol. The maximum absolute atomic E-state index is 11.1. The highest BCUT2D eigenvalue weighted by molar-refractivity contribution is 5.01. The molecule has 23 heteroatoms. The van der Waals surface area contributed by atoms with E-state index in [9.17, 15) is 40.9 Å². The van der Waals surface area contributed by atoms with Crippen molar-refractivity contribution < 1.29 is 69.3 Å². The number of hydrogen-bond donors (Lipinski definition) is 15. The molecule has 0 aromatic heterocycles. The third-order valence-electron chi connectivity index (χ3n) is 12.0. The van der Waals surface area contributed by atoms with Gasteiger partial charge < -0.3 is 119 Å². The van der Waals surface area contributed by atoms with Crippen LogP contribution in [0.5, 0.6) is 0 Å². The summed E-state index contributed by atoms with van der Waals surface area (Å²) in [6.45, 7) is 2.96. The SMILES string of the molecule is CC1CC(N)C(OC2OC(CN)C(O)C(O)C2N)C(OC[C@@H](O)CN(C)CCCN(C)C[C@H](O)COC2C(O)C(N)CC(N)C2OC2OC(CN)C(O)C(O)C2N)C1O. The van der Waals surface area contributed by atoms with Gasteiger partial charge in [-0.3, -0.25) is 0 Å². The van der Waals surface area contributed by atoms with Gasteiger partial charge in [0.1, 0.15) is 61.0 Å². The molecule has 2 saturated carbocycles. The van der Waals surface area contributed by atoms with Crippen LogP contribution >= 0.6 is 0 Å². The number of rotatable bonds is 20. The van der Waals surface area contributed by atoms with E-state index >= 15 is 0 Å². The van der Waals surface area contributed by atoms with Gasteiger partial charge in [0.15, 0.2) is 12.6 Å².